The number of nitrogens with zero attached hydrogens (tertiary/aromatic N) is 3. The van der Waals surface area contributed by atoms with Gasteiger partial charge < -0.3 is 15.4 Å². The molecule has 0 radical (unpaired) electrons. The van der Waals surface area contributed by atoms with Crippen molar-refractivity contribution in [1.29, 1.82) is 0 Å². The number of benzene rings is 2. The highest BCUT2D eigenvalue weighted by Crippen LogP contribution is 2.24. The van der Waals surface area contributed by atoms with Crippen LogP contribution in [-0.2, 0) is 18.4 Å². The standard InChI is InChI=1S/C20H23N5O2/c1-25-23-17-11-5-10-16(19(17)24-25)22-20(26)21-15-9-6-12-18(15)27-13-14-7-3-2-4-8-14/h2-5,7-8,10-11,15,18H,6,9,12-13H2,1H3,(H2,21,22,26)/t15-,18-/m1/s1. The third kappa shape index (κ3) is 4.09. The predicted octanol–water partition coefficient (Wildman–Crippen LogP) is 3.23. The van der Waals surface area contributed by atoms with E-state index in [0.717, 1.165) is 30.3 Å². The Morgan fingerprint density at radius 2 is 2.00 bits per heavy atom. The molecule has 0 spiro atoms. The third-order valence-corrected chi connectivity index (χ3v) is 4.84. The number of amides is 2. The zero-order chi connectivity index (χ0) is 18.6. The van der Waals surface area contributed by atoms with E-state index in [-0.39, 0.29) is 18.2 Å². The van der Waals surface area contributed by atoms with E-state index in [2.05, 4.69) is 20.8 Å². The summed E-state index contributed by atoms with van der Waals surface area (Å²) in [5.74, 6) is 0. The predicted molar refractivity (Wildman–Crippen MR) is 103 cm³/mol. The Balaban J connectivity index is 1.36. The number of rotatable bonds is 5. The highest BCUT2D eigenvalue weighted by atomic mass is 16.5. The fourth-order valence-corrected chi connectivity index (χ4v) is 3.54. The highest BCUT2D eigenvalue weighted by Gasteiger charge is 2.29. The molecular weight excluding hydrogens is 342 g/mol. The molecule has 7 nitrogen and oxygen atoms in total. The second-order valence-corrected chi connectivity index (χ2v) is 6.83. The number of ether oxygens (including phenoxy) is 1. The fourth-order valence-electron chi connectivity index (χ4n) is 3.54. The Bertz CT molecular complexity index is 925. The van der Waals surface area contributed by atoms with Crippen LogP contribution in [-0.4, -0.2) is 33.2 Å². The van der Waals surface area contributed by atoms with Gasteiger partial charge in [0.1, 0.15) is 11.0 Å². The molecule has 2 atom stereocenters. The summed E-state index contributed by atoms with van der Waals surface area (Å²) >= 11 is 0. The number of aromatic nitrogens is 3. The second kappa shape index (κ2) is 7.75. The van der Waals surface area contributed by atoms with E-state index >= 15 is 0 Å². The molecule has 140 valence electrons. The minimum Gasteiger partial charge on any atom is -0.371 e. The van der Waals surface area contributed by atoms with E-state index < -0.39 is 0 Å². The van der Waals surface area contributed by atoms with E-state index in [9.17, 15) is 4.79 Å². The molecule has 2 aromatic carbocycles. The van der Waals surface area contributed by atoms with Gasteiger partial charge in [-0.2, -0.15) is 15.0 Å². The molecule has 1 aliphatic rings. The lowest BCUT2D eigenvalue weighted by atomic mass is 10.2. The number of urea groups is 1. The monoisotopic (exact) mass is 365 g/mol. The van der Waals surface area contributed by atoms with E-state index in [0.29, 0.717) is 17.8 Å². The fraction of sp³-hybridized carbons (Fsp3) is 0.350. The Labute approximate surface area is 157 Å². The molecule has 2 N–H and O–H groups in total. The molecule has 27 heavy (non-hydrogen) atoms. The Hall–Kier alpha value is -2.93. The number of nitrogens with one attached hydrogen (secondary N) is 2. The number of hydrogen-bond acceptors (Lipinski definition) is 4. The molecule has 3 aromatic rings. The molecular formula is C20H23N5O2. The molecule has 1 aliphatic carbocycles. The van der Waals surface area contributed by atoms with Gasteiger partial charge in [-0.25, -0.2) is 4.79 Å². The summed E-state index contributed by atoms with van der Waals surface area (Å²) in [4.78, 5) is 14.0. The van der Waals surface area contributed by atoms with Crippen LogP contribution in [0, 0.1) is 0 Å². The van der Waals surface area contributed by atoms with Crippen LogP contribution in [0.1, 0.15) is 24.8 Å². The molecule has 4 rings (SSSR count). The molecule has 2 amide bonds. The summed E-state index contributed by atoms with van der Waals surface area (Å²) in [6, 6.07) is 15.4. The zero-order valence-electron chi connectivity index (χ0n) is 15.3. The summed E-state index contributed by atoms with van der Waals surface area (Å²) in [6.45, 7) is 0.560. The van der Waals surface area contributed by atoms with Gasteiger partial charge in [-0.1, -0.05) is 36.4 Å². The lowest BCUT2D eigenvalue weighted by Gasteiger charge is -2.22. The van der Waals surface area contributed by atoms with Gasteiger partial charge in [0, 0.05) is 7.05 Å². The Morgan fingerprint density at radius 1 is 1.15 bits per heavy atom. The molecule has 0 saturated heterocycles. The van der Waals surface area contributed by atoms with Crippen LogP contribution < -0.4 is 10.6 Å². The number of hydrogen-bond donors (Lipinski definition) is 2. The lowest BCUT2D eigenvalue weighted by molar-refractivity contribution is 0.0305. The maximum atomic E-state index is 12.5. The SMILES string of the molecule is Cn1nc2cccc(NC(=O)N[C@@H]3CCC[C@H]3OCc3ccccc3)c2n1. The van der Waals surface area contributed by atoms with Gasteiger partial charge in [0.15, 0.2) is 0 Å². The molecule has 0 unspecified atom stereocenters. The number of anilines is 1. The van der Waals surface area contributed by atoms with E-state index in [1.807, 2.05) is 48.5 Å². The molecule has 0 bridgehead atoms. The van der Waals surface area contributed by atoms with Crippen molar-refractivity contribution >= 4 is 22.8 Å². The van der Waals surface area contributed by atoms with Crippen LogP contribution in [0.3, 0.4) is 0 Å². The molecule has 1 saturated carbocycles. The Morgan fingerprint density at radius 3 is 2.85 bits per heavy atom. The zero-order valence-corrected chi connectivity index (χ0v) is 15.3. The van der Waals surface area contributed by atoms with Crippen LogP contribution in [0.25, 0.3) is 11.0 Å². The summed E-state index contributed by atoms with van der Waals surface area (Å²) in [7, 11) is 1.76. The van der Waals surface area contributed by atoms with E-state index in [4.69, 9.17) is 4.74 Å². The van der Waals surface area contributed by atoms with E-state index in [1.54, 1.807) is 7.05 Å². The first-order valence-corrected chi connectivity index (χ1v) is 9.22. The average Bonchev–Trinajstić information content (AvgIpc) is 3.26. The first kappa shape index (κ1) is 17.5. The van der Waals surface area contributed by atoms with Crippen molar-refractivity contribution in [2.75, 3.05) is 5.32 Å². The molecule has 1 fully saturated rings. The minimum absolute atomic E-state index is 0.00905. The summed E-state index contributed by atoms with van der Waals surface area (Å²) in [5.41, 5.74) is 3.22. The summed E-state index contributed by atoms with van der Waals surface area (Å²) < 4.78 is 6.06. The third-order valence-electron chi connectivity index (χ3n) is 4.84. The molecule has 1 heterocycles. The van der Waals surface area contributed by atoms with Gasteiger partial charge >= 0.3 is 6.03 Å². The first-order valence-electron chi connectivity index (χ1n) is 9.22. The van der Waals surface area contributed by atoms with Crippen molar-refractivity contribution < 1.29 is 9.53 Å². The summed E-state index contributed by atoms with van der Waals surface area (Å²) in [6.07, 6.45) is 2.95. The maximum Gasteiger partial charge on any atom is 0.319 e. The van der Waals surface area contributed by atoms with Crippen LogP contribution in [0.4, 0.5) is 10.5 Å². The van der Waals surface area contributed by atoms with Crippen molar-refractivity contribution in [3.05, 3.63) is 54.1 Å². The largest absolute Gasteiger partial charge is 0.371 e. The summed E-state index contributed by atoms with van der Waals surface area (Å²) in [5, 5.41) is 14.5. The molecule has 0 aliphatic heterocycles. The van der Waals surface area contributed by atoms with Crippen LogP contribution in [0.2, 0.25) is 0 Å². The number of carbonyl (C=O) groups is 1. The van der Waals surface area contributed by atoms with Gasteiger partial charge in [0.2, 0.25) is 0 Å². The quantitative estimate of drug-likeness (QED) is 0.727. The molecule has 7 heteroatoms. The minimum atomic E-state index is -0.242. The second-order valence-electron chi connectivity index (χ2n) is 6.83. The van der Waals surface area contributed by atoms with Crippen LogP contribution >= 0.6 is 0 Å². The van der Waals surface area contributed by atoms with Gasteiger partial charge in [0.25, 0.3) is 0 Å². The van der Waals surface area contributed by atoms with Crippen LogP contribution in [0.5, 0.6) is 0 Å². The smallest absolute Gasteiger partial charge is 0.319 e. The topological polar surface area (TPSA) is 81.1 Å². The van der Waals surface area contributed by atoms with Crippen molar-refractivity contribution in [1.82, 2.24) is 20.3 Å². The average molecular weight is 365 g/mol. The van der Waals surface area contributed by atoms with Gasteiger partial charge in [0.05, 0.1) is 24.4 Å². The molecule has 1 aromatic heterocycles. The van der Waals surface area contributed by atoms with Gasteiger partial charge in [-0.3, -0.25) is 0 Å². The van der Waals surface area contributed by atoms with E-state index in [1.165, 1.54) is 4.80 Å². The number of carbonyl (C=O) groups excluding carboxylic acids is 1. The number of fused-ring (bicyclic) bond motifs is 1. The highest BCUT2D eigenvalue weighted by molar-refractivity contribution is 5.98. The van der Waals surface area contributed by atoms with Crippen molar-refractivity contribution in [2.24, 2.45) is 7.05 Å². The first-order chi connectivity index (χ1) is 13.2. The van der Waals surface area contributed by atoms with Crippen molar-refractivity contribution in [3.8, 4) is 0 Å². The van der Waals surface area contributed by atoms with Gasteiger partial charge in [-0.15, -0.1) is 0 Å². The van der Waals surface area contributed by atoms with Crippen molar-refractivity contribution in [2.45, 2.75) is 38.0 Å². The van der Waals surface area contributed by atoms with Crippen LogP contribution in [0.15, 0.2) is 48.5 Å². The maximum absolute atomic E-state index is 12.5. The van der Waals surface area contributed by atoms with Gasteiger partial charge in [-0.05, 0) is 37.0 Å². The number of aryl methyl sites for hydroxylation is 1. The lowest BCUT2D eigenvalue weighted by Crippen LogP contribution is -2.43. The normalized spacial score (nSPS) is 19.3. The Kier molecular flexibility index (Phi) is 5.02. The van der Waals surface area contributed by atoms with Crippen molar-refractivity contribution in [3.63, 3.8) is 0 Å².